The first-order valence-electron chi connectivity index (χ1n) is 9.97. The van der Waals surface area contributed by atoms with Crippen LogP contribution in [0.2, 0.25) is 0 Å². The maximum Gasteiger partial charge on any atom is 0.406 e. The molecule has 0 N–H and O–H groups in total. The fraction of sp³-hybridized carbons (Fsp3) is 0.600. The lowest BCUT2D eigenvalue weighted by atomic mass is 10.1. The van der Waals surface area contributed by atoms with Crippen molar-refractivity contribution >= 4 is 16.9 Å². The zero-order chi connectivity index (χ0) is 20.8. The van der Waals surface area contributed by atoms with E-state index < -0.39 is 18.6 Å². The number of alkyl halides is 3. The van der Waals surface area contributed by atoms with Crippen LogP contribution in [0.3, 0.4) is 0 Å². The number of carbonyl (C=O) groups excluding carboxylic acids is 1. The Balaban J connectivity index is 1.49. The van der Waals surface area contributed by atoms with E-state index in [0.717, 1.165) is 30.8 Å². The van der Waals surface area contributed by atoms with Crippen LogP contribution in [0.4, 0.5) is 13.2 Å². The number of aromatic nitrogens is 2. The molecule has 0 aromatic carbocycles. The molecule has 0 bridgehead atoms. The number of ether oxygens (including phenoxy) is 1. The minimum Gasteiger partial charge on any atom is -0.489 e. The third-order valence-electron chi connectivity index (χ3n) is 5.69. The Kier molecular flexibility index (Phi) is 5.18. The molecule has 6 nitrogen and oxygen atoms in total. The van der Waals surface area contributed by atoms with Gasteiger partial charge in [-0.05, 0) is 38.8 Å². The van der Waals surface area contributed by atoms with Crippen molar-refractivity contribution in [3.63, 3.8) is 0 Å². The first-order chi connectivity index (χ1) is 13.7. The molecule has 1 saturated heterocycles. The zero-order valence-corrected chi connectivity index (χ0v) is 16.6. The lowest BCUT2D eigenvalue weighted by Crippen LogP contribution is -2.44. The topological polar surface area (TPSA) is 50.6 Å². The molecule has 158 valence electrons. The summed E-state index contributed by atoms with van der Waals surface area (Å²) >= 11 is 0. The molecule has 9 heteroatoms. The number of nitrogens with zero attached hydrogens (tertiary/aromatic N) is 4. The quantitative estimate of drug-likeness (QED) is 0.776. The summed E-state index contributed by atoms with van der Waals surface area (Å²) in [5.74, 6) is 0.0122. The van der Waals surface area contributed by atoms with E-state index >= 15 is 0 Å². The number of pyridine rings is 1. The molecule has 2 aromatic rings. The fourth-order valence-corrected chi connectivity index (χ4v) is 4.15. The molecule has 0 unspecified atom stereocenters. The van der Waals surface area contributed by atoms with E-state index in [1.54, 1.807) is 16.8 Å². The van der Waals surface area contributed by atoms with Crippen molar-refractivity contribution in [3.8, 4) is 5.75 Å². The highest BCUT2D eigenvalue weighted by atomic mass is 19.4. The molecule has 1 amide bonds. The molecule has 29 heavy (non-hydrogen) atoms. The third kappa shape index (κ3) is 4.19. The van der Waals surface area contributed by atoms with Crippen LogP contribution in [-0.4, -0.2) is 69.8 Å². The van der Waals surface area contributed by atoms with E-state index in [1.807, 2.05) is 6.07 Å². The van der Waals surface area contributed by atoms with Gasteiger partial charge in [-0.2, -0.15) is 13.2 Å². The van der Waals surface area contributed by atoms with Crippen LogP contribution in [0.1, 0.15) is 37.2 Å². The molecule has 0 spiro atoms. The standard InChI is InChI=1S/C20H25F3N4O2/c1-13(2)25-5-3-15(4-6-25)29-16-9-14-10-17-19(28)26(12-20(21,22)23)7-8-27(17)18(14)24-11-16/h9-11,13,15H,3-8,12H2,1-2H3. The number of hydrogen-bond donors (Lipinski definition) is 0. The Morgan fingerprint density at radius 3 is 2.55 bits per heavy atom. The number of fused-ring (bicyclic) bond motifs is 3. The van der Waals surface area contributed by atoms with Crippen molar-refractivity contribution in [2.24, 2.45) is 0 Å². The van der Waals surface area contributed by atoms with Gasteiger partial charge in [-0.1, -0.05) is 0 Å². The zero-order valence-electron chi connectivity index (χ0n) is 16.6. The van der Waals surface area contributed by atoms with Gasteiger partial charge in [-0.25, -0.2) is 4.98 Å². The van der Waals surface area contributed by atoms with Crippen molar-refractivity contribution in [1.82, 2.24) is 19.4 Å². The Bertz CT molecular complexity index is 901. The second kappa shape index (κ2) is 7.51. The average molecular weight is 410 g/mol. The third-order valence-corrected chi connectivity index (χ3v) is 5.69. The van der Waals surface area contributed by atoms with Crippen molar-refractivity contribution < 1.29 is 22.7 Å². The smallest absolute Gasteiger partial charge is 0.406 e. The number of halogens is 3. The number of likely N-dealkylation sites (tertiary alicyclic amines) is 1. The normalized spacial score (nSPS) is 19.2. The molecule has 0 atom stereocenters. The number of carbonyl (C=O) groups is 1. The summed E-state index contributed by atoms with van der Waals surface area (Å²) in [7, 11) is 0. The maximum atomic E-state index is 12.7. The van der Waals surface area contributed by atoms with Gasteiger partial charge in [-0.3, -0.25) is 4.79 Å². The summed E-state index contributed by atoms with van der Waals surface area (Å²) in [6, 6.07) is 3.96. The monoisotopic (exact) mass is 410 g/mol. The van der Waals surface area contributed by atoms with Gasteiger partial charge in [-0.15, -0.1) is 0 Å². The van der Waals surface area contributed by atoms with Gasteiger partial charge in [0.1, 0.15) is 29.7 Å². The van der Waals surface area contributed by atoms with Gasteiger partial charge >= 0.3 is 6.18 Å². The van der Waals surface area contributed by atoms with Crippen molar-refractivity contribution in [2.45, 2.75) is 51.6 Å². The SMILES string of the molecule is CC(C)N1CCC(Oc2cnc3c(c2)cc2n3CCN(CC(F)(F)F)C2=O)CC1. The van der Waals surface area contributed by atoms with Crippen molar-refractivity contribution in [2.75, 3.05) is 26.2 Å². The Morgan fingerprint density at radius 2 is 1.90 bits per heavy atom. The molecular weight excluding hydrogens is 385 g/mol. The van der Waals surface area contributed by atoms with Gasteiger partial charge in [0.2, 0.25) is 0 Å². The predicted octanol–water partition coefficient (Wildman–Crippen LogP) is 3.31. The lowest BCUT2D eigenvalue weighted by Gasteiger charge is -2.34. The number of piperidine rings is 1. The second-order valence-electron chi connectivity index (χ2n) is 8.05. The highest BCUT2D eigenvalue weighted by Crippen LogP contribution is 2.28. The Hall–Kier alpha value is -2.29. The molecular formula is C20H25F3N4O2. The first-order valence-corrected chi connectivity index (χ1v) is 9.97. The van der Waals surface area contributed by atoms with Crippen LogP contribution >= 0.6 is 0 Å². The Labute approximate surface area is 167 Å². The summed E-state index contributed by atoms with van der Waals surface area (Å²) in [5.41, 5.74) is 0.840. The van der Waals surface area contributed by atoms with Crippen molar-refractivity contribution in [3.05, 3.63) is 24.0 Å². The maximum absolute atomic E-state index is 12.7. The lowest BCUT2D eigenvalue weighted by molar-refractivity contribution is -0.141. The van der Waals surface area contributed by atoms with Crippen LogP contribution in [-0.2, 0) is 6.54 Å². The highest BCUT2D eigenvalue weighted by molar-refractivity contribution is 5.98. The van der Waals surface area contributed by atoms with Gasteiger partial charge in [0, 0.05) is 37.6 Å². The molecule has 4 heterocycles. The van der Waals surface area contributed by atoms with Crippen LogP contribution < -0.4 is 4.74 Å². The van der Waals surface area contributed by atoms with E-state index in [4.69, 9.17) is 4.74 Å². The van der Waals surface area contributed by atoms with Crippen LogP contribution in [0.5, 0.6) is 5.75 Å². The summed E-state index contributed by atoms with van der Waals surface area (Å²) in [6.45, 7) is 5.43. The number of hydrogen-bond acceptors (Lipinski definition) is 4. The summed E-state index contributed by atoms with van der Waals surface area (Å²) in [5, 5.41) is 0.708. The van der Waals surface area contributed by atoms with E-state index in [0.29, 0.717) is 29.4 Å². The molecule has 1 fully saturated rings. The van der Waals surface area contributed by atoms with Crippen LogP contribution in [0.15, 0.2) is 18.3 Å². The van der Waals surface area contributed by atoms with E-state index in [1.165, 1.54) is 0 Å². The van der Waals surface area contributed by atoms with E-state index in [9.17, 15) is 18.0 Å². The minimum absolute atomic E-state index is 0.0173. The van der Waals surface area contributed by atoms with Gasteiger partial charge in [0.15, 0.2) is 0 Å². The second-order valence-corrected chi connectivity index (χ2v) is 8.05. The minimum atomic E-state index is -4.41. The number of rotatable bonds is 4. The molecule has 0 aliphatic carbocycles. The Morgan fingerprint density at radius 1 is 1.17 bits per heavy atom. The van der Waals surface area contributed by atoms with E-state index in [2.05, 4.69) is 23.7 Å². The van der Waals surface area contributed by atoms with Crippen LogP contribution in [0.25, 0.3) is 11.0 Å². The first kappa shape index (κ1) is 20.0. The molecule has 4 rings (SSSR count). The van der Waals surface area contributed by atoms with Gasteiger partial charge in [0.05, 0.1) is 6.20 Å². The highest BCUT2D eigenvalue weighted by Gasteiger charge is 2.36. The van der Waals surface area contributed by atoms with Gasteiger partial charge < -0.3 is 19.1 Å². The van der Waals surface area contributed by atoms with Crippen LogP contribution in [0, 0.1) is 0 Å². The molecule has 2 aliphatic rings. The summed E-state index contributed by atoms with van der Waals surface area (Å²) in [6.07, 6.45) is -0.781. The fourth-order valence-electron chi connectivity index (χ4n) is 4.15. The molecule has 0 saturated carbocycles. The van der Waals surface area contributed by atoms with E-state index in [-0.39, 0.29) is 18.3 Å². The summed E-state index contributed by atoms with van der Waals surface area (Å²) < 4.78 is 45.9. The average Bonchev–Trinajstić information content (AvgIpc) is 3.02. The molecule has 2 aromatic heterocycles. The summed E-state index contributed by atoms with van der Waals surface area (Å²) in [4.78, 5) is 20.2. The largest absolute Gasteiger partial charge is 0.489 e. The predicted molar refractivity (Wildman–Crippen MR) is 102 cm³/mol. The van der Waals surface area contributed by atoms with Crippen molar-refractivity contribution in [1.29, 1.82) is 0 Å². The number of amides is 1. The van der Waals surface area contributed by atoms with Gasteiger partial charge in [0.25, 0.3) is 5.91 Å². The molecule has 2 aliphatic heterocycles. The molecule has 0 radical (unpaired) electrons.